The van der Waals surface area contributed by atoms with Gasteiger partial charge in [0.1, 0.15) is 17.4 Å². The normalized spacial score (nSPS) is 12.5. The number of nitrogens with one attached hydrogen (secondary N) is 1. The molecule has 6 heteroatoms. The van der Waals surface area contributed by atoms with Crippen LogP contribution in [-0.4, -0.2) is 36.8 Å². The molecule has 1 unspecified atom stereocenters. The number of ether oxygens (including phenoxy) is 2. The smallest absolute Gasteiger partial charge is 0.341 e. The summed E-state index contributed by atoms with van der Waals surface area (Å²) >= 11 is 0. The summed E-state index contributed by atoms with van der Waals surface area (Å²) in [6.07, 6.45) is 27.4. The quantitative estimate of drug-likeness (QED) is 0.0727. The predicted octanol–water partition coefficient (Wildman–Crippen LogP) is 8.28. The van der Waals surface area contributed by atoms with Crippen LogP contribution < -0.4 is 5.32 Å². The van der Waals surface area contributed by atoms with Crippen LogP contribution in [0, 0.1) is 0 Å². The Kier molecular flexibility index (Phi) is 19.3. The van der Waals surface area contributed by atoms with Gasteiger partial charge < -0.3 is 19.9 Å². The van der Waals surface area contributed by atoms with Crippen molar-refractivity contribution in [2.45, 2.75) is 103 Å². The Morgan fingerprint density at radius 2 is 1.47 bits per heavy atom. The largest absolute Gasteiger partial charge is 0.507 e. The Labute approximate surface area is 230 Å². The van der Waals surface area contributed by atoms with Crippen LogP contribution in [0.3, 0.4) is 0 Å². The SMILES string of the molecule is CCC=CCCCCC=CCC=CCCCCCCCOC(CC)C(=O)Nc1ccc(O)c(C(=O)OC)c1. The number of benzene rings is 1. The molecule has 0 aromatic heterocycles. The average molecular weight is 528 g/mol. The van der Waals surface area contributed by atoms with E-state index in [2.05, 4.69) is 53.4 Å². The maximum atomic E-state index is 12.6. The number of carbonyl (C=O) groups is 2. The third-order valence-electron chi connectivity index (χ3n) is 6.17. The van der Waals surface area contributed by atoms with Gasteiger partial charge in [-0.2, -0.15) is 0 Å². The average Bonchev–Trinajstić information content (AvgIpc) is 2.92. The van der Waals surface area contributed by atoms with Gasteiger partial charge in [-0.1, -0.05) is 69.6 Å². The summed E-state index contributed by atoms with van der Waals surface area (Å²) in [5.74, 6) is -1.13. The second kappa shape index (κ2) is 22.2. The molecule has 0 saturated heterocycles. The number of amides is 1. The zero-order chi connectivity index (χ0) is 27.8. The monoisotopic (exact) mass is 527 g/mol. The lowest BCUT2D eigenvalue weighted by Gasteiger charge is -2.16. The third-order valence-corrected chi connectivity index (χ3v) is 6.17. The number of esters is 1. The standard InChI is InChI=1S/C32H49NO5/c1-4-6-7-8-9-10-11-12-13-14-15-16-17-18-19-20-21-22-25-38-30(5-2)31(35)33-27-23-24-29(34)28(26-27)32(36)37-3/h6-7,12-13,15-16,23-24,26,30,34H,4-5,8-11,14,17-22,25H2,1-3H3,(H,33,35). The first-order valence-electron chi connectivity index (χ1n) is 14.3. The number of hydrogen-bond acceptors (Lipinski definition) is 5. The van der Waals surface area contributed by atoms with E-state index in [-0.39, 0.29) is 17.2 Å². The van der Waals surface area contributed by atoms with E-state index in [0.29, 0.717) is 18.7 Å². The number of phenolic OH excluding ortho intramolecular Hbond substituents is 1. The molecule has 1 amide bonds. The Bertz CT molecular complexity index is 875. The molecule has 0 spiro atoms. The minimum absolute atomic E-state index is 0.00333. The van der Waals surface area contributed by atoms with Crippen molar-refractivity contribution in [3.8, 4) is 5.75 Å². The van der Waals surface area contributed by atoms with E-state index in [9.17, 15) is 14.7 Å². The van der Waals surface area contributed by atoms with Crippen LogP contribution in [0.2, 0.25) is 0 Å². The number of carbonyl (C=O) groups excluding carboxylic acids is 2. The third kappa shape index (κ3) is 15.4. The maximum absolute atomic E-state index is 12.6. The van der Waals surface area contributed by atoms with Gasteiger partial charge >= 0.3 is 5.97 Å². The minimum Gasteiger partial charge on any atom is -0.507 e. The summed E-state index contributed by atoms with van der Waals surface area (Å²) in [6, 6.07) is 4.29. The molecular formula is C32H49NO5. The molecule has 0 aliphatic carbocycles. The summed E-state index contributed by atoms with van der Waals surface area (Å²) in [4.78, 5) is 24.3. The van der Waals surface area contributed by atoms with E-state index in [1.54, 1.807) is 0 Å². The second-order valence-corrected chi connectivity index (χ2v) is 9.38. The van der Waals surface area contributed by atoms with Crippen LogP contribution >= 0.6 is 0 Å². The Balaban J connectivity index is 2.10. The van der Waals surface area contributed by atoms with Crippen molar-refractivity contribution in [3.63, 3.8) is 0 Å². The van der Waals surface area contributed by atoms with Gasteiger partial charge in [-0.3, -0.25) is 4.79 Å². The van der Waals surface area contributed by atoms with Crippen LogP contribution in [0.15, 0.2) is 54.7 Å². The van der Waals surface area contributed by atoms with Crippen LogP contribution in [-0.2, 0) is 14.3 Å². The van der Waals surface area contributed by atoms with E-state index in [1.165, 1.54) is 63.8 Å². The first kappa shape index (κ1) is 33.2. The number of allylic oxidation sites excluding steroid dienone is 6. The number of hydrogen-bond donors (Lipinski definition) is 2. The van der Waals surface area contributed by atoms with Gasteiger partial charge in [0, 0.05) is 12.3 Å². The number of unbranched alkanes of at least 4 members (excludes halogenated alkanes) is 8. The summed E-state index contributed by atoms with van der Waals surface area (Å²) in [5, 5.41) is 12.6. The first-order chi connectivity index (χ1) is 18.5. The summed E-state index contributed by atoms with van der Waals surface area (Å²) in [5.41, 5.74) is 0.412. The van der Waals surface area contributed by atoms with Crippen LogP contribution in [0.25, 0.3) is 0 Å². The van der Waals surface area contributed by atoms with Gasteiger partial charge in [0.15, 0.2) is 0 Å². The van der Waals surface area contributed by atoms with Gasteiger partial charge in [-0.05, 0) is 82.4 Å². The van der Waals surface area contributed by atoms with Crippen LogP contribution in [0.1, 0.15) is 108 Å². The highest BCUT2D eigenvalue weighted by molar-refractivity contribution is 5.97. The molecule has 212 valence electrons. The van der Waals surface area contributed by atoms with Crippen molar-refractivity contribution in [1.82, 2.24) is 0 Å². The van der Waals surface area contributed by atoms with Gasteiger partial charge in [-0.25, -0.2) is 4.79 Å². The molecule has 2 N–H and O–H groups in total. The van der Waals surface area contributed by atoms with E-state index >= 15 is 0 Å². The van der Waals surface area contributed by atoms with Crippen molar-refractivity contribution in [1.29, 1.82) is 0 Å². The molecule has 0 aliphatic rings. The zero-order valence-corrected chi connectivity index (χ0v) is 23.8. The lowest BCUT2D eigenvalue weighted by molar-refractivity contribution is -0.127. The van der Waals surface area contributed by atoms with Crippen molar-refractivity contribution < 1.29 is 24.2 Å². The highest BCUT2D eigenvalue weighted by Gasteiger charge is 2.19. The van der Waals surface area contributed by atoms with E-state index in [4.69, 9.17) is 4.74 Å². The molecule has 0 fully saturated rings. The van der Waals surface area contributed by atoms with Crippen molar-refractivity contribution in [3.05, 3.63) is 60.2 Å². The fourth-order valence-electron chi connectivity index (χ4n) is 3.92. The Morgan fingerprint density at radius 1 is 0.868 bits per heavy atom. The van der Waals surface area contributed by atoms with Crippen molar-refractivity contribution in [2.75, 3.05) is 19.0 Å². The van der Waals surface area contributed by atoms with E-state index < -0.39 is 12.1 Å². The van der Waals surface area contributed by atoms with Gasteiger partial charge in [-0.15, -0.1) is 0 Å². The number of aromatic hydroxyl groups is 1. The lowest BCUT2D eigenvalue weighted by atomic mass is 10.1. The molecule has 1 atom stereocenters. The molecular weight excluding hydrogens is 478 g/mol. The van der Waals surface area contributed by atoms with Crippen LogP contribution in [0.5, 0.6) is 5.75 Å². The zero-order valence-electron chi connectivity index (χ0n) is 23.8. The first-order valence-corrected chi connectivity index (χ1v) is 14.3. The number of rotatable bonds is 21. The molecule has 1 aromatic carbocycles. The van der Waals surface area contributed by atoms with Gasteiger partial charge in [0.05, 0.1) is 7.11 Å². The summed E-state index contributed by atoms with van der Waals surface area (Å²) in [7, 11) is 1.24. The highest BCUT2D eigenvalue weighted by atomic mass is 16.5. The number of phenols is 1. The van der Waals surface area contributed by atoms with E-state index in [0.717, 1.165) is 38.5 Å². The topological polar surface area (TPSA) is 84.9 Å². The molecule has 0 saturated carbocycles. The summed E-state index contributed by atoms with van der Waals surface area (Å²) in [6.45, 7) is 4.61. The molecule has 1 rings (SSSR count). The minimum atomic E-state index is -0.664. The summed E-state index contributed by atoms with van der Waals surface area (Å²) < 4.78 is 10.5. The molecule has 6 nitrogen and oxygen atoms in total. The second-order valence-electron chi connectivity index (χ2n) is 9.38. The van der Waals surface area contributed by atoms with E-state index in [1.807, 2.05) is 6.92 Å². The van der Waals surface area contributed by atoms with Crippen LogP contribution in [0.4, 0.5) is 5.69 Å². The molecule has 1 aromatic rings. The maximum Gasteiger partial charge on any atom is 0.341 e. The Hall–Kier alpha value is -2.86. The highest BCUT2D eigenvalue weighted by Crippen LogP contribution is 2.22. The fraction of sp³-hybridized carbons (Fsp3) is 0.562. The van der Waals surface area contributed by atoms with Crippen molar-refractivity contribution in [2.24, 2.45) is 0 Å². The molecule has 0 radical (unpaired) electrons. The fourth-order valence-corrected chi connectivity index (χ4v) is 3.92. The Morgan fingerprint density at radius 3 is 2.11 bits per heavy atom. The van der Waals surface area contributed by atoms with Crippen molar-refractivity contribution >= 4 is 17.6 Å². The van der Waals surface area contributed by atoms with Gasteiger partial charge in [0.2, 0.25) is 0 Å². The molecule has 38 heavy (non-hydrogen) atoms. The molecule has 0 aliphatic heterocycles. The number of anilines is 1. The number of methoxy groups -OCH3 is 1. The molecule has 0 bridgehead atoms. The van der Waals surface area contributed by atoms with Gasteiger partial charge in [0.25, 0.3) is 5.91 Å². The lowest BCUT2D eigenvalue weighted by Crippen LogP contribution is -2.30. The predicted molar refractivity (Wildman–Crippen MR) is 157 cm³/mol. The molecule has 0 heterocycles.